The van der Waals surface area contributed by atoms with Crippen LogP contribution in [-0.2, 0) is 10.5 Å². The number of nitrogens with two attached hydrogens (primary N) is 2. The molecule has 142 valence electrons. The van der Waals surface area contributed by atoms with Crippen molar-refractivity contribution in [2.45, 2.75) is 5.75 Å². The van der Waals surface area contributed by atoms with Crippen molar-refractivity contribution in [3.63, 3.8) is 0 Å². The first-order chi connectivity index (χ1) is 13.0. The van der Waals surface area contributed by atoms with Crippen molar-refractivity contribution in [2.75, 3.05) is 13.7 Å². The van der Waals surface area contributed by atoms with Crippen LogP contribution in [-0.4, -0.2) is 31.0 Å². The van der Waals surface area contributed by atoms with Gasteiger partial charge < -0.3 is 20.9 Å². The highest BCUT2D eigenvalue weighted by atomic mass is 79.9. The molecule has 0 aromatic heterocycles. The van der Waals surface area contributed by atoms with E-state index in [-0.39, 0.29) is 6.61 Å². The molecule has 1 amide bonds. The Balaban J connectivity index is 2.02. The second-order valence-electron chi connectivity index (χ2n) is 5.25. The predicted octanol–water partition coefficient (Wildman–Crippen LogP) is 2.90. The minimum absolute atomic E-state index is 0.248. The molecule has 0 aliphatic rings. The Bertz CT molecular complexity index is 844. The average Bonchev–Trinajstić information content (AvgIpc) is 2.65. The highest BCUT2D eigenvalue weighted by Crippen LogP contribution is 2.36. The van der Waals surface area contributed by atoms with Gasteiger partial charge in [0.25, 0.3) is 5.91 Å². The second-order valence-corrected chi connectivity index (χ2v) is 7.10. The van der Waals surface area contributed by atoms with Crippen LogP contribution in [0.1, 0.15) is 11.1 Å². The molecule has 0 fully saturated rings. The minimum Gasteiger partial charge on any atom is -0.493 e. The van der Waals surface area contributed by atoms with Crippen molar-refractivity contribution in [3.8, 4) is 11.5 Å². The van der Waals surface area contributed by atoms with Crippen LogP contribution in [0.4, 0.5) is 0 Å². The molecule has 0 bridgehead atoms. The summed E-state index contributed by atoms with van der Waals surface area (Å²) in [5.74, 6) is 0.960. The molecule has 9 heteroatoms. The zero-order valence-corrected chi connectivity index (χ0v) is 17.0. The van der Waals surface area contributed by atoms with Crippen molar-refractivity contribution in [1.29, 1.82) is 0 Å². The number of nitrogens with zero attached hydrogens (tertiary/aromatic N) is 2. The maximum atomic E-state index is 10.9. The monoisotopic (exact) mass is 450 g/mol. The van der Waals surface area contributed by atoms with Crippen LogP contribution in [0.3, 0.4) is 0 Å². The smallest absolute Gasteiger partial charge is 0.255 e. The van der Waals surface area contributed by atoms with Crippen LogP contribution in [0.5, 0.6) is 11.5 Å². The van der Waals surface area contributed by atoms with Crippen LogP contribution in [0.2, 0.25) is 0 Å². The van der Waals surface area contributed by atoms with Gasteiger partial charge in [0.2, 0.25) is 0 Å². The number of primary amides is 1. The Morgan fingerprint density at radius 1 is 1.26 bits per heavy atom. The molecule has 0 aliphatic heterocycles. The third-order valence-corrected chi connectivity index (χ3v) is 4.65. The van der Waals surface area contributed by atoms with E-state index < -0.39 is 5.91 Å². The minimum atomic E-state index is -0.576. The first-order valence-electron chi connectivity index (χ1n) is 7.81. The molecule has 2 aromatic carbocycles. The fourth-order valence-corrected chi connectivity index (χ4v) is 3.20. The molecule has 0 heterocycles. The summed E-state index contributed by atoms with van der Waals surface area (Å²) in [4.78, 5) is 10.9. The molecule has 0 spiro atoms. The zero-order valence-electron chi connectivity index (χ0n) is 14.6. The lowest BCUT2D eigenvalue weighted by Gasteiger charge is -2.12. The number of methoxy groups -OCH3 is 1. The number of thioether (sulfide) groups is 1. The normalized spacial score (nSPS) is 11.6. The molecule has 7 nitrogen and oxygen atoms in total. The summed E-state index contributed by atoms with van der Waals surface area (Å²) >= 11 is 4.78. The molecule has 0 aliphatic carbocycles. The number of halogens is 1. The molecule has 0 saturated carbocycles. The lowest BCUT2D eigenvalue weighted by atomic mass is 10.2. The van der Waals surface area contributed by atoms with Crippen LogP contribution in [0, 0.1) is 0 Å². The van der Waals surface area contributed by atoms with Gasteiger partial charge in [-0.1, -0.05) is 42.1 Å². The van der Waals surface area contributed by atoms with Gasteiger partial charge in [-0.2, -0.15) is 5.10 Å². The van der Waals surface area contributed by atoms with Crippen molar-refractivity contribution < 1.29 is 14.3 Å². The first kappa shape index (κ1) is 20.8. The summed E-state index contributed by atoms with van der Waals surface area (Å²) in [5.41, 5.74) is 12.8. The van der Waals surface area contributed by atoms with E-state index in [1.54, 1.807) is 18.3 Å². The Kier molecular flexibility index (Phi) is 8.15. The quantitative estimate of drug-likeness (QED) is 0.364. The molecule has 0 saturated heterocycles. The molecule has 2 rings (SSSR count). The summed E-state index contributed by atoms with van der Waals surface area (Å²) in [6.45, 7) is -0.248. The van der Waals surface area contributed by atoms with Crippen molar-refractivity contribution in [1.82, 2.24) is 0 Å². The van der Waals surface area contributed by atoms with Crippen LogP contribution < -0.4 is 20.9 Å². The highest BCUT2D eigenvalue weighted by molar-refractivity contribution is 9.10. The van der Waals surface area contributed by atoms with Gasteiger partial charge in [0.1, 0.15) is 0 Å². The molecule has 0 radical (unpaired) electrons. The summed E-state index contributed by atoms with van der Waals surface area (Å²) in [6.07, 6.45) is 1.54. The van der Waals surface area contributed by atoms with Crippen LogP contribution in [0.25, 0.3) is 0 Å². The molecular formula is C18H19BrN4O3S. The number of rotatable bonds is 8. The molecule has 2 aromatic rings. The van der Waals surface area contributed by atoms with E-state index in [2.05, 4.69) is 26.1 Å². The van der Waals surface area contributed by atoms with Crippen molar-refractivity contribution in [2.24, 2.45) is 21.7 Å². The fraction of sp³-hybridized carbons (Fsp3) is 0.167. The standard InChI is InChI=1S/C18H19BrN4O3S/c1-25-15-8-13(7-14(19)17(15)26-10-16(20)24)9-22-23-18(21)27-11-12-5-3-2-4-6-12/h2-9H,10-11H2,1H3,(H2,20,24)(H2,21,23). The number of carbonyl (C=O) groups is 1. The summed E-state index contributed by atoms with van der Waals surface area (Å²) in [5, 5.41) is 8.34. The van der Waals surface area contributed by atoms with Crippen molar-refractivity contribution >= 4 is 45.0 Å². The third kappa shape index (κ3) is 6.95. The Labute approximate surface area is 169 Å². The zero-order chi connectivity index (χ0) is 19.6. The number of benzene rings is 2. The van der Waals surface area contributed by atoms with E-state index in [1.807, 2.05) is 30.3 Å². The van der Waals surface area contributed by atoms with E-state index >= 15 is 0 Å². The molecule has 4 N–H and O–H groups in total. The number of carbonyl (C=O) groups excluding carboxylic acids is 1. The van der Waals surface area contributed by atoms with Gasteiger partial charge in [-0.15, -0.1) is 5.10 Å². The van der Waals surface area contributed by atoms with Gasteiger partial charge in [0.05, 0.1) is 17.8 Å². The number of amides is 1. The van der Waals surface area contributed by atoms with Crippen LogP contribution in [0.15, 0.2) is 57.1 Å². The highest BCUT2D eigenvalue weighted by Gasteiger charge is 2.12. The second kappa shape index (κ2) is 10.6. The molecular weight excluding hydrogens is 432 g/mol. The van der Waals surface area contributed by atoms with Crippen LogP contribution >= 0.6 is 27.7 Å². The maximum absolute atomic E-state index is 10.9. The topological polar surface area (TPSA) is 112 Å². The SMILES string of the molecule is COc1cc(C=NN=C(N)SCc2ccccc2)cc(Br)c1OCC(N)=O. The lowest BCUT2D eigenvalue weighted by Crippen LogP contribution is -2.20. The largest absolute Gasteiger partial charge is 0.493 e. The van der Waals surface area contributed by atoms with E-state index in [0.29, 0.717) is 21.1 Å². The third-order valence-electron chi connectivity index (χ3n) is 3.20. The van der Waals surface area contributed by atoms with E-state index in [1.165, 1.54) is 18.9 Å². The molecule has 0 atom stereocenters. The van der Waals surface area contributed by atoms with Gasteiger partial charge >= 0.3 is 0 Å². The number of amidine groups is 1. The first-order valence-corrected chi connectivity index (χ1v) is 9.59. The van der Waals surface area contributed by atoms with Gasteiger partial charge in [-0.05, 0) is 39.2 Å². The maximum Gasteiger partial charge on any atom is 0.255 e. The van der Waals surface area contributed by atoms with Crippen molar-refractivity contribution in [3.05, 3.63) is 58.1 Å². The molecule has 27 heavy (non-hydrogen) atoms. The van der Waals surface area contributed by atoms with Gasteiger partial charge in [-0.3, -0.25) is 4.79 Å². The fourth-order valence-electron chi connectivity index (χ4n) is 2.01. The van der Waals surface area contributed by atoms with Gasteiger partial charge in [-0.25, -0.2) is 0 Å². The van der Waals surface area contributed by atoms with E-state index in [4.69, 9.17) is 20.9 Å². The van der Waals surface area contributed by atoms with Gasteiger partial charge in [0.15, 0.2) is 23.3 Å². The Morgan fingerprint density at radius 2 is 2.00 bits per heavy atom. The van der Waals surface area contributed by atoms with E-state index in [0.717, 1.165) is 16.9 Å². The number of ether oxygens (including phenoxy) is 2. The van der Waals surface area contributed by atoms with E-state index in [9.17, 15) is 4.79 Å². The Hall–Kier alpha value is -2.52. The molecule has 0 unspecified atom stereocenters. The van der Waals surface area contributed by atoms with Gasteiger partial charge in [0, 0.05) is 5.75 Å². The summed E-state index contributed by atoms with van der Waals surface area (Å²) in [6, 6.07) is 13.4. The number of hydrogen-bond donors (Lipinski definition) is 2. The summed E-state index contributed by atoms with van der Waals surface area (Å²) in [7, 11) is 1.50. The lowest BCUT2D eigenvalue weighted by molar-refractivity contribution is -0.119. The number of hydrogen-bond acceptors (Lipinski definition) is 6. The predicted molar refractivity (Wildman–Crippen MR) is 112 cm³/mol. The average molecular weight is 451 g/mol. The Morgan fingerprint density at radius 3 is 2.67 bits per heavy atom. The summed E-state index contributed by atoms with van der Waals surface area (Å²) < 4.78 is 11.2.